The standard InChI is InChI=1S/C22H9B11O2/c1-3-9(24)16(27)17(28)11(35)4-7-10(34)5-8(15(26)20(31)14(25)6(2)23)13-12(7)18(29)21(32)22(33)19(13)30/h1,15,35H,2,4-5H2/b16-9-,17-11-,20-14-. The number of hydrogen-bond acceptors (Lipinski definition) is 2. The zero-order chi connectivity index (χ0) is 26.9. The molecule has 2 nitrogen and oxygen atoms in total. The second-order valence-corrected chi connectivity index (χ2v) is 7.89. The van der Waals surface area contributed by atoms with Gasteiger partial charge in [0, 0.05) is 18.4 Å². The number of terminal acetylenes is 1. The maximum absolute atomic E-state index is 13.3. The summed E-state index contributed by atoms with van der Waals surface area (Å²) in [6.07, 6.45) is 4.54. The van der Waals surface area contributed by atoms with E-state index in [1.807, 2.05) is 0 Å². The number of fused-ring (bicyclic) bond motifs is 1. The van der Waals surface area contributed by atoms with E-state index in [0.29, 0.717) is 0 Å². The van der Waals surface area contributed by atoms with E-state index in [1.165, 1.54) is 0 Å². The molecule has 0 bridgehead atoms. The number of carbonyl (C=O) groups excluding carboxylic acids is 1. The third kappa shape index (κ3) is 5.43. The quantitative estimate of drug-likeness (QED) is 0.215. The lowest BCUT2D eigenvalue weighted by Gasteiger charge is -2.28. The average molecular weight is 424 g/mol. The van der Waals surface area contributed by atoms with Crippen molar-refractivity contribution in [1.29, 1.82) is 0 Å². The van der Waals surface area contributed by atoms with Crippen molar-refractivity contribution in [3.63, 3.8) is 0 Å². The van der Waals surface area contributed by atoms with Crippen LogP contribution in [0.25, 0.3) is 11.1 Å². The molecule has 35 heavy (non-hydrogen) atoms. The van der Waals surface area contributed by atoms with Gasteiger partial charge in [0.05, 0.1) is 13.6 Å². The monoisotopic (exact) mass is 426 g/mol. The highest BCUT2D eigenvalue weighted by atomic mass is 16.3. The molecule has 22 radical (unpaired) electrons. The van der Waals surface area contributed by atoms with Crippen molar-refractivity contribution in [2.45, 2.75) is 18.7 Å². The Bertz CT molecular complexity index is 1410. The van der Waals surface area contributed by atoms with E-state index in [-0.39, 0.29) is 82.7 Å². The van der Waals surface area contributed by atoms with Crippen LogP contribution in [0.1, 0.15) is 12.8 Å². The molecule has 1 N–H and O–H groups in total. The number of aliphatic hydroxyl groups is 1. The molecule has 2 rings (SSSR count). The molecule has 1 aliphatic carbocycles. The lowest BCUT2D eigenvalue weighted by Crippen LogP contribution is -2.66. The minimum absolute atomic E-state index is 0.00697. The molecule has 0 fully saturated rings. The summed E-state index contributed by atoms with van der Waals surface area (Å²) in [5.74, 6) is 0.0380. The predicted molar refractivity (Wildman–Crippen MR) is 154 cm³/mol. The minimum Gasteiger partial charge on any atom is -0.513 e. The first-order chi connectivity index (χ1) is 16.2. The van der Waals surface area contributed by atoms with Crippen molar-refractivity contribution < 1.29 is 9.90 Å². The highest BCUT2D eigenvalue weighted by Gasteiger charge is 2.26. The van der Waals surface area contributed by atoms with E-state index in [1.54, 1.807) is 0 Å². The first-order valence-corrected chi connectivity index (χ1v) is 10.0. The van der Waals surface area contributed by atoms with Crippen LogP contribution in [0.3, 0.4) is 0 Å². The van der Waals surface area contributed by atoms with Crippen LogP contribution in [0, 0.1) is 12.3 Å². The Morgan fingerprint density at radius 2 is 1.43 bits per heavy atom. The molecule has 0 spiro atoms. The van der Waals surface area contributed by atoms with Gasteiger partial charge < -0.3 is 5.11 Å². The lowest BCUT2D eigenvalue weighted by molar-refractivity contribution is -0.113. The van der Waals surface area contributed by atoms with Crippen LogP contribution in [0.5, 0.6) is 0 Å². The van der Waals surface area contributed by atoms with Crippen LogP contribution in [0.4, 0.5) is 0 Å². The minimum atomic E-state index is -1.10. The van der Waals surface area contributed by atoms with E-state index in [4.69, 9.17) is 92.7 Å². The molecule has 0 saturated heterocycles. The summed E-state index contributed by atoms with van der Waals surface area (Å²) >= 11 is 0. The Kier molecular flexibility index (Phi) is 9.21. The Morgan fingerprint density at radius 3 is 1.91 bits per heavy atom. The number of aliphatic hydroxyl groups excluding tert-OH is 1. The summed E-state index contributed by atoms with van der Waals surface area (Å²) < 4.78 is 0. The van der Waals surface area contributed by atoms with Crippen molar-refractivity contribution in [2.75, 3.05) is 0 Å². The van der Waals surface area contributed by atoms with E-state index in [9.17, 15) is 9.90 Å². The molecule has 0 amide bonds. The van der Waals surface area contributed by atoms with Crippen LogP contribution >= 0.6 is 0 Å². The number of ketones is 1. The van der Waals surface area contributed by atoms with E-state index in [0.717, 1.165) is 0 Å². The SMILES string of the molecule is [B]C(=C)/C([B])=C(/[B])C([B])C1=c2c([B])c([B])c([B])c([B])c2=C(C/C(O)=C([B])\C([B])=C(\[B])C#C)C(=O)C1. The van der Waals surface area contributed by atoms with Gasteiger partial charge in [0.2, 0.25) is 0 Å². The van der Waals surface area contributed by atoms with E-state index < -0.39 is 23.8 Å². The number of rotatable bonds is 6. The van der Waals surface area contributed by atoms with Gasteiger partial charge in [0.25, 0.3) is 0 Å². The molecular formula is C22H9B11O2. The Labute approximate surface area is 221 Å². The van der Waals surface area contributed by atoms with Crippen LogP contribution < -0.4 is 32.3 Å². The molecule has 13 heteroatoms. The second-order valence-electron chi connectivity index (χ2n) is 7.89. The maximum Gasteiger partial charge on any atom is 0.163 e. The van der Waals surface area contributed by atoms with E-state index >= 15 is 0 Å². The Morgan fingerprint density at radius 1 is 0.914 bits per heavy atom. The highest BCUT2D eigenvalue weighted by Crippen LogP contribution is 2.30. The fourth-order valence-electron chi connectivity index (χ4n) is 3.62. The molecule has 0 aromatic heterocycles. The largest absolute Gasteiger partial charge is 0.513 e. The second kappa shape index (κ2) is 11.2. The highest BCUT2D eigenvalue weighted by molar-refractivity contribution is 6.62. The first kappa shape index (κ1) is 28.9. The molecule has 0 heterocycles. The fourth-order valence-corrected chi connectivity index (χ4v) is 3.62. The van der Waals surface area contributed by atoms with Crippen LogP contribution in [0.15, 0.2) is 45.2 Å². The molecule has 0 aliphatic heterocycles. The van der Waals surface area contributed by atoms with Crippen molar-refractivity contribution in [2.24, 2.45) is 0 Å². The molecule has 1 aromatic carbocycles. The zero-order valence-electron chi connectivity index (χ0n) is 19.0. The third-order valence-electron chi connectivity index (χ3n) is 5.73. The number of allylic oxidation sites excluding steroid dienone is 7. The van der Waals surface area contributed by atoms with Gasteiger partial charge in [-0.3, -0.25) is 4.79 Å². The van der Waals surface area contributed by atoms with E-state index in [2.05, 4.69) is 12.5 Å². The normalized spacial score (nSPS) is 16.4. The third-order valence-corrected chi connectivity index (χ3v) is 5.73. The van der Waals surface area contributed by atoms with Gasteiger partial charge in [-0.2, -0.15) is 0 Å². The Hall–Kier alpha value is -2.34. The topological polar surface area (TPSA) is 37.3 Å². The van der Waals surface area contributed by atoms with Crippen LogP contribution in [-0.2, 0) is 4.79 Å². The van der Waals surface area contributed by atoms with Gasteiger partial charge >= 0.3 is 0 Å². The van der Waals surface area contributed by atoms with Gasteiger partial charge in [-0.15, -0.1) is 40.3 Å². The van der Waals surface area contributed by atoms with Gasteiger partial charge in [-0.1, -0.05) is 38.8 Å². The van der Waals surface area contributed by atoms with Gasteiger partial charge in [-0.25, -0.2) is 0 Å². The summed E-state index contributed by atoms with van der Waals surface area (Å²) in [4.78, 5) is 13.3. The number of Topliss-reactive ketones (excluding diaryl/α,β-unsaturated/α-hetero) is 1. The number of benzene rings is 1. The van der Waals surface area contributed by atoms with Gasteiger partial charge in [0.15, 0.2) is 5.78 Å². The summed E-state index contributed by atoms with van der Waals surface area (Å²) in [5, 5.41) is 11.0. The number of hydrogen-bond donors (Lipinski definition) is 1. The summed E-state index contributed by atoms with van der Waals surface area (Å²) in [7, 11) is 65.8. The van der Waals surface area contributed by atoms with Crippen LogP contribution in [0.2, 0.25) is 5.82 Å². The van der Waals surface area contributed by atoms with Crippen molar-refractivity contribution in [1.82, 2.24) is 0 Å². The summed E-state index contributed by atoms with van der Waals surface area (Å²) in [5.41, 5.74) is -0.700. The average Bonchev–Trinajstić information content (AvgIpc) is 2.83. The molecule has 142 valence electrons. The fraction of sp³-hybridized carbons (Fsp3) is 0.136. The van der Waals surface area contributed by atoms with Crippen molar-refractivity contribution in [3.8, 4) is 12.3 Å². The smallest absolute Gasteiger partial charge is 0.163 e. The molecule has 1 atom stereocenters. The Balaban J connectivity index is 3.05. The molecule has 1 aromatic rings. The maximum atomic E-state index is 13.3. The van der Waals surface area contributed by atoms with Crippen molar-refractivity contribution in [3.05, 3.63) is 55.6 Å². The predicted octanol–water partition coefficient (Wildman–Crippen LogP) is -5.17. The number of carbonyl (C=O) groups is 1. The molecule has 0 saturated carbocycles. The lowest BCUT2D eigenvalue weighted by atomic mass is 9.57. The van der Waals surface area contributed by atoms with Crippen molar-refractivity contribution >= 4 is 125 Å². The molecular weight excluding hydrogens is 415 g/mol. The zero-order valence-corrected chi connectivity index (χ0v) is 19.0. The van der Waals surface area contributed by atoms with Gasteiger partial charge in [-0.05, 0) is 16.3 Å². The summed E-state index contributed by atoms with van der Waals surface area (Å²) in [6, 6.07) is 0. The van der Waals surface area contributed by atoms with Crippen LogP contribution in [-0.4, -0.2) is 97.2 Å². The van der Waals surface area contributed by atoms with Gasteiger partial charge in [0.1, 0.15) is 78.5 Å². The molecule has 1 unspecified atom stereocenters. The first-order valence-electron chi connectivity index (χ1n) is 10.0. The molecule has 1 aliphatic rings. The summed E-state index contributed by atoms with van der Waals surface area (Å²) in [6.45, 7) is 3.53.